The van der Waals surface area contributed by atoms with Crippen molar-refractivity contribution in [1.29, 1.82) is 0 Å². The predicted molar refractivity (Wildman–Crippen MR) is 108 cm³/mol. The Hall–Kier alpha value is -2.74. The number of ether oxygens (including phenoxy) is 1. The molecule has 1 N–H and O–H groups in total. The highest BCUT2D eigenvalue weighted by Crippen LogP contribution is 2.24. The van der Waals surface area contributed by atoms with Crippen molar-refractivity contribution in [1.82, 2.24) is 25.2 Å². The minimum absolute atomic E-state index is 0.177. The smallest absolute Gasteiger partial charge is 0.291 e. The van der Waals surface area contributed by atoms with Gasteiger partial charge in [-0.15, -0.1) is 0 Å². The van der Waals surface area contributed by atoms with Gasteiger partial charge in [-0.2, -0.15) is 0 Å². The summed E-state index contributed by atoms with van der Waals surface area (Å²) in [4.78, 5) is 29.2. The summed E-state index contributed by atoms with van der Waals surface area (Å²) in [5.74, 6) is 1.69. The Labute approximate surface area is 166 Å². The van der Waals surface area contributed by atoms with Gasteiger partial charge in [0.2, 0.25) is 5.82 Å². The van der Waals surface area contributed by atoms with Crippen LogP contribution in [-0.2, 0) is 6.54 Å². The highest BCUT2D eigenvalue weighted by atomic mass is 16.5. The summed E-state index contributed by atoms with van der Waals surface area (Å²) in [5.41, 5.74) is 2.95. The number of hydrogen-bond donors (Lipinski definition) is 1. The lowest BCUT2D eigenvalue weighted by Crippen LogP contribution is -2.33. The molecule has 1 fully saturated rings. The van der Waals surface area contributed by atoms with E-state index in [4.69, 9.17) is 4.74 Å². The molecule has 1 amide bonds. The molecule has 0 unspecified atom stereocenters. The minimum Gasteiger partial charge on any atom is -0.495 e. The van der Waals surface area contributed by atoms with E-state index in [-0.39, 0.29) is 11.7 Å². The zero-order valence-electron chi connectivity index (χ0n) is 17.2. The molecule has 2 aromatic heterocycles. The molecule has 28 heavy (non-hydrogen) atoms. The summed E-state index contributed by atoms with van der Waals surface area (Å²) < 4.78 is 5.23. The summed E-state index contributed by atoms with van der Waals surface area (Å²) in [6.07, 6.45) is 4.56. The summed E-state index contributed by atoms with van der Waals surface area (Å²) in [5, 5.41) is 3.58. The maximum absolute atomic E-state index is 12.3. The first kappa shape index (κ1) is 20.0. The number of carbonyl (C=O) groups excluding carboxylic acids is 1. The molecule has 1 atom stereocenters. The van der Waals surface area contributed by atoms with E-state index in [0.717, 1.165) is 54.4 Å². The van der Waals surface area contributed by atoms with Crippen LogP contribution in [0.15, 0.2) is 18.5 Å². The third-order valence-corrected chi connectivity index (χ3v) is 5.05. The number of nitrogens with zero attached hydrogens (tertiary/aromatic N) is 5. The van der Waals surface area contributed by atoms with Crippen LogP contribution in [0.25, 0.3) is 0 Å². The van der Waals surface area contributed by atoms with Crippen LogP contribution in [0.5, 0.6) is 5.75 Å². The van der Waals surface area contributed by atoms with E-state index in [0.29, 0.717) is 6.04 Å². The number of pyridine rings is 1. The second kappa shape index (κ2) is 8.52. The normalized spacial score (nSPS) is 16.3. The van der Waals surface area contributed by atoms with Gasteiger partial charge in [-0.1, -0.05) is 0 Å². The van der Waals surface area contributed by atoms with Crippen LogP contribution < -0.4 is 15.0 Å². The molecule has 150 valence electrons. The zero-order valence-corrected chi connectivity index (χ0v) is 17.2. The zero-order chi connectivity index (χ0) is 20.3. The van der Waals surface area contributed by atoms with E-state index >= 15 is 0 Å². The lowest BCUT2D eigenvalue weighted by Gasteiger charge is -2.22. The number of carbonyl (C=O) groups is 1. The highest BCUT2D eigenvalue weighted by Gasteiger charge is 2.26. The van der Waals surface area contributed by atoms with Crippen molar-refractivity contribution < 1.29 is 9.53 Å². The van der Waals surface area contributed by atoms with E-state index < -0.39 is 0 Å². The van der Waals surface area contributed by atoms with Crippen molar-refractivity contribution in [2.45, 2.75) is 32.9 Å². The van der Waals surface area contributed by atoms with Crippen LogP contribution in [0.3, 0.4) is 0 Å². The first-order valence-corrected chi connectivity index (χ1v) is 9.42. The van der Waals surface area contributed by atoms with Gasteiger partial charge in [-0.05, 0) is 31.9 Å². The van der Waals surface area contributed by atoms with Gasteiger partial charge < -0.3 is 19.9 Å². The van der Waals surface area contributed by atoms with Crippen molar-refractivity contribution in [3.63, 3.8) is 0 Å². The molecule has 0 aliphatic carbocycles. The Morgan fingerprint density at radius 2 is 2.11 bits per heavy atom. The number of anilines is 1. The fraction of sp³-hybridized carbons (Fsp3) is 0.500. The molecule has 3 heterocycles. The minimum atomic E-state index is -0.177. The Morgan fingerprint density at radius 1 is 1.32 bits per heavy atom. The van der Waals surface area contributed by atoms with Crippen LogP contribution in [0.1, 0.15) is 33.9 Å². The van der Waals surface area contributed by atoms with Crippen molar-refractivity contribution >= 4 is 11.7 Å². The molecule has 3 rings (SSSR count). The lowest BCUT2D eigenvalue weighted by molar-refractivity contribution is 0.0815. The van der Waals surface area contributed by atoms with E-state index in [9.17, 15) is 4.79 Å². The molecule has 1 saturated heterocycles. The number of hydrogen-bond acceptors (Lipinski definition) is 7. The molecular formula is C20H28N6O2. The van der Waals surface area contributed by atoms with Crippen LogP contribution >= 0.6 is 0 Å². The third kappa shape index (κ3) is 4.39. The summed E-state index contributed by atoms with van der Waals surface area (Å²) >= 11 is 0. The van der Waals surface area contributed by atoms with Crippen molar-refractivity contribution in [2.75, 3.05) is 39.2 Å². The number of aromatic nitrogens is 3. The number of nitrogens with one attached hydrogen (secondary N) is 1. The topological polar surface area (TPSA) is 83.5 Å². The average molecular weight is 384 g/mol. The molecule has 0 spiro atoms. The van der Waals surface area contributed by atoms with Gasteiger partial charge in [0.25, 0.3) is 5.91 Å². The lowest BCUT2D eigenvalue weighted by atomic mass is 10.2. The molecule has 8 nitrogen and oxygen atoms in total. The summed E-state index contributed by atoms with van der Waals surface area (Å²) in [7, 11) is 5.07. The third-order valence-electron chi connectivity index (χ3n) is 5.05. The number of methoxy groups -OCH3 is 1. The van der Waals surface area contributed by atoms with Gasteiger partial charge in [0, 0.05) is 57.2 Å². The maximum atomic E-state index is 12.3. The monoisotopic (exact) mass is 384 g/mol. The summed E-state index contributed by atoms with van der Waals surface area (Å²) in [6, 6.07) is 2.33. The van der Waals surface area contributed by atoms with E-state index in [1.54, 1.807) is 27.4 Å². The van der Waals surface area contributed by atoms with Gasteiger partial charge in [0.05, 0.1) is 13.3 Å². The van der Waals surface area contributed by atoms with Crippen LogP contribution in [0.4, 0.5) is 5.82 Å². The highest BCUT2D eigenvalue weighted by molar-refractivity contribution is 5.90. The van der Waals surface area contributed by atoms with Gasteiger partial charge in [0.15, 0.2) is 0 Å². The van der Waals surface area contributed by atoms with Crippen molar-refractivity contribution in [3.8, 4) is 5.75 Å². The standard InChI is InChI=1S/C20H28N6O2/c1-13-14(2)23-18(20(27)25(3)4)24-19(13)26-7-6-16(12-26)22-10-15-8-17(28-5)11-21-9-15/h8-9,11,16,22H,6-7,10,12H2,1-5H3/t16-/m1/s1. The van der Waals surface area contributed by atoms with Gasteiger partial charge in [-0.25, -0.2) is 9.97 Å². The molecule has 0 bridgehead atoms. The largest absolute Gasteiger partial charge is 0.495 e. The molecule has 1 aliphatic rings. The number of rotatable bonds is 6. The van der Waals surface area contributed by atoms with Crippen molar-refractivity contribution in [2.24, 2.45) is 0 Å². The SMILES string of the molecule is COc1cncc(CN[C@@H]2CCN(c3nc(C(=O)N(C)C)nc(C)c3C)C2)c1. The first-order valence-electron chi connectivity index (χ1n) is 9.42. The van der Waals surface area contributed by atoms with Crippen LogP contribution in [0, 0.1) is 13.8 Å². The molecule has 2 aromatic rings. The van der Waals surface area contributed by atoms with Gasteiger partial charge >= 0.3 is 0 Å². The van der Waals surface area contributed by atoms with E-state index in [1.165, 1.54) is 4.90 Å². The van der Waals surface area contributed by atoms with Gasteiger partial charge in [0.1, 0.15) is 11.6 Å². The molecule has 8 heteroatoms. The molecule has 0 radical (unpaired) electrons. The Kier molecular flexibility index (Phi) is 6.08. The fourth-order valence-corrected chi connectivity index (χ4v) is 3.27. The molecule has 0 saturated carbocycles. The maximum Gasteiger partial charge on any atom is 0.291 e. The Bertz CT molecular complexity index is 855. The summed E-state index contributed by atoms with van der Waals surface area (Å²) in [6.45, 7) is 6.39. The first-order chi connectivity index (χ1) is 13.4. The predicted octanol–water partition coefficient (Wildman–Crippen LogP) is 1.57. The second-order valence-corrected chi connectivity index (χ2v) is 7.33. The van der Waals surface area contributed by atoms with Gasteiger partial charge in [-0.3, -0.25) is 9.78 Å². The van der Waals surface area contributed by atoms with E-state index in [2.05, 4.69) is 25.2 Å². The Morgan fingerprint density at radius 3 is 2.82 bits per heavy atom. The molecular weight excluding hydrogens is 356 g/mol. The fourth-order valence-electron chi connectivity index (χ4n) is 3.27. The average Bonchev–Trinajstić information content (AvgIpc) is 3.16. The van der Waals surface area contributed by atoms with Crippen molar-refractivity contribution in [3.05, 3.63) is 41.1 Å². The van der Waals surface area contributed by atoms with Crippen LogP contribution in [-0.4, -0.2) is 66.1 Å². The second-order valence-electron chi connectivity index (χ2n) is 7.33. The number of amides is 1. The Balaban J connectivity index is 1.68. The van der Waals surface area contributed by atoms with Crippen LogP contribution in [0.2, 0.25) is 0 Å². The molecule has 0 aromatic carbocycles. The van der Waals surface area contributed by atoms with E-state index in [1.807, 2.05) is 26.1 Å². The quantitative estimate of drug-likeness (QED) is 0.809. The molecule has 1 aliphatic heterocycles. The number of aryl methyl sites for hydroxylation is 1.